The van der Waals surface area contributed by atoms with Crippen molar-refractivity contribution in [3.8, 4) is 43.7 Å². The van der Waals surface area contributed by atoms with Crippen molar-refractivity contribution < 1.29 is 28.9 Å². The molecule has 9 rings (SSSR count). The Bertz CT molecular complexity index is 3340. The van der Waals surface area contributed by atoms with Crippen LogP contribution >= 0.6 is 57.5 Å². The molecule has 386 valence electrons. The fraction of sp³-hybridized carbons (Fsp3) is 0.345. The molecule has 19 heteroatoms. The number of benzene rings is 4. The molecule has 8 aromatic rings. The van der Waals surface area contributed by atoms with Crippen molar-refractivity contribution in [3.05, 3.63) is 123 Å². The Labute approximate surface area is 453 Å². The minimum atomic E-state index is -1.16. The number of nitrogens with zero attached hydrogens (tertiary/aromatic N) is 8. The molecule has 4 aromatic heterocycles. The first-order valence-electron chi connectivity index (χ1n) is 23.9. The lowest BCUT2D eigenvalue weighted by molar-refractivity contribution is -0.164. The third kappa shape index (κ3) is 12.7. The highest BCUT2D eigenvalue weighted by molar-refractivity contribution is 7.22. The van der Waals surface area contributed by atoms with Crippen molar-refractivity contribution in [2.24, 2.45) is 0 Å². The number of hydrogen-bond donors (Lipinski definition) is 1. The molecule has 0 unspecified atom stereocenters. The summed E-state index contributed by atoms with van der Waals surface area (Å²) in [5.74, 6) is -0.813. The highest BCUT2D eigenvalue weighted by atomic mass is 35.5. The Hall–Kier alpha value is -5.69. The number of hydrogen-bond acceptors (Lipinski definition) is 15. The molecular formula is C55H57Cl3N8O6S2. The quantitative estimate of drug-likeness (QED) is 0.0960. The lowest BCUT2D eigenvalue weighted by Gasteiger charge is -2.28. The Balaban J connectivity index is 0.000000200. The number of thiazole rings is 2. The molecule has 74 heavy (non-hydrogen) atoms. The van der Waals surface area contributed by atoms with Gasteiger partial charge in [0.05, 0.1) is 38.7 Å². The van der Waals surface area contributed by atoms with E-state index in [-0.39, 0.29) is 5.28 Å². The first-order valence-corrected chi connectivity index (χ1v) is 26.7. The van der Waals surface area contributed by atoms with Gasteiger partial charge in [0.1, 0.15) is 21.4 Å². The molecule has 1 N–H and O–H groups in total. The third-order valence-electron chi connectivity index (χ3n) is 11.9. The molecule has 1 fully saturated rings. The maximum Gasteiger partial charge on any atom is 0.339 e. The molecule has 2 atom stereocenters. The van der Waals surface area contributed by atoms with E-state index < -0.39 is 35.3 Å². The average Bonchev–Trinajstić information content (AvgIpc) is 3.90. The molecule has 0 amide bonds. The van der Waals surface area contributed by atoms with E-state index >= 15 is 0 Å². The smallest absolute Gasteiger partial charge is 0.339 e. The van der Waals surface area contributed by atoms with Gasteiger partial charge in [-0.1, -0.05) is 47.5 Å². The van der Waals surface area contributed by atoms with Crippen LogP contribution in [-0.2, 0) is 23.8 Å². The number of carboxylic acids is 1. The summed E-state index contributed by atoms with van der Waals surface area (Å²) in [5.41, 5.74) is 8.03. The number of methoxy groups -OCH3 is 1. The molecule has 0 spiro atoms. The van der Waals surface area contributed by atoms with Crippen LogP contribution in [0.25, 0.3) is 64.1 Å². The number of carbonyl (C=O) groups is 2. The largest absolute Gasteiger partial charge is 0.479 e. The minimum Gasteiger partial charge on any atom is -0.479 e. The second-order valence-corrected chi connectivity index (χ2v) is 23.1. The second kappa shape index (κ2) is 22.7. The topological polar surface area (TPSA) is 166 Å². The summed E-state index contributed by atoms with van der Waals surface area (Å²) in [5, 5.41) is 13.1. The van der Waals surface area contributed by atoms with Crippen LogP contribution in [0.5, 0.6) is 0 Å². The fourth-order valence-corrected chi connectivity index (χ4v) is 11.3. The van der Waals surface area contributed by atoms with Crippen LogP contribution in [0.3, 0.4) is 0 Å². The molecule has 4 aromatic carbocycles. The monoisotopic (exact) mass is 1090 g/mol. The molecule has 0 saturated carbocycles. The van der Waals surface area contributed by atoms with Crippen LogP contribution in [0.4, 0.5) is 5.95 Å². The summed E-state index contributed by atoms with van der Waals surface area (Å²) in [6.45, 7) is 18.9. The molecule has 0 radical (unpaired) electrons. The number of ether oxygens (including phenoxy) is 3. The van der Waals surface area contributed by atoms with Crippen molar-refractivity contribution in [2.45, 2.75) is 85.2 Å². The third-order valence-corrected chi connectivity index (χ3v) is 14.8. The number of aromatic nitrogens is 6. The molecule has 0 bridgehead atoms. The summed E-state index contributed by atoms with van der Waals surface area (Å²) >= 11 is 21.4. The summed E-state index contributed by atoms with van der Waals surface area (Å²) in [4.78, 5) is 57.6. The van der Waals surface area contributed by atoms with Crippen molar-refractivity contribution in [1.29, 1.82) is 0 Å². The number of rotatable bonds is 11. The van der Waals surface area contributed by atoms with Crippen molar-refractivity contribution >= 4 is 95.8 Å². The predicted molar refractivity (Wildman–Crippen MR) is 298 cm³/mol. The fourth-order valence-electron chi connectivity index (χ4n) is 8.72. The number of aliphatic carboxylic acids is 1. The van der Waals surface area contributed by atoms with Gasteiger partial charge in [-0.05, 0) is 158 Å². The number of fused-ring (bicyclic) bond motifs is 2. The summed E-state index contributed by atoms with van der Waals surface area (Å²) in [6.07, 6.45) is 2.34. The Morgan fingerprint density at radius 3 is 1.62 bits per heavy atom. The number of anilines is 1. The number of likely N-dealkylation sites (N-methyl/N-ethyl adjacent to an activating group) is 1. The molecule has 1 aliphatic heterocycles. The van der Waals surface area contributed by atoms with E-state index in [2.05, 4.69) is 31.8 Å². The summed E-state index contributed by atoms with van der Waals surface area (Å²) < 4.78 is 19.3. The van der Waals surface area contributed by atoms with Crippen LogP contribution in [-0.4, -0.2) is 103 Å². The zero-order valence-corrected chi connectivity index (χ0v) is 46.7. The maximum absolute atomic E-state index is 13.0. The first-order chi connectivity index (χ1) is 35.1. The van der Waals surface area contributed by atoms with E-state index in [9.17, 15) is 14.7 Å². The van der Waals surface area contributed by atoms with E-state index in [0.717, 1.165) is 103 Å². The highest BCUT2D eigenvalue weighted by Gasteiger charge is 2.35. The Morgan fingerprint density at radius 1 is 0.649 bits per heavy atom. The Morgan fingerprint density at radius 2 is 1.14 bits per heavy atom. The maximum atomic E-state index is 13.0. The van der Waals surface area contributed by atoms with Crippen LogP contribution in [0.1, 0.15) is 82.4 Å². The lowest BCUT2D eigenvalue weighted by atomic mass is 9.91. The van der Waals surface area contributed by atoms with Gasteiger partial charge < -0.3 is 29.1 Å². The van der Waals surface area contributed by atoms with Crippen LogP contribution < -0.4 is 4.90 Å². The predicted octanol–water partition coefficient (Wildman–Crippen LogP) is 13.5. The lowest BCUT2D eigenvalue weighted by Crippen LogP contribution is -2.30. The Kier molecular flexibility index (Phi) is 16.7. The van der Waals surface area contributed by atoms with Gasteiger partial charge in [0, 0.05) is 64.3 Å². The van der Waals surface area contributed by atoms with Gasteiger partial charge in [-0.25, -0.2) is 39.5 Å². The standard InChI is InChI=1S/C30H34ClN5O3S.C25H23Cl2N3O3S/c1-18-17-22-26(24(19-7-9-20(31)10-8-19)23(18)25(28(37)38)39-30(2,3)4)40-27(33-22)21-11-12-32-29(34-21)36-14-6-13-35(5)15-16-36;1-13-12-17-21(34-22(29-17)16-10-11-28-24(27)30-16)19(14-6-8-15(26)9-7-14)18(13)20(23(31)32-5)33-25(2,3)4/h7-12,17,25H,6,13-16H2,1-5H3,(H,37,38);6-12,20H,1-5H3/t25-;20-/m00/s1. The summed E-state index contributed by atoms with van der Waals surface area (Å²) in [6, 6.07) is 22.5. The molecule has 0 aliphatic carbocycles. The van der Waals surface area contributed by atoms with Gasteiger partial charge in [-0.15, -0.1) is 22.7 Å². The van der Waals surface area contributed by atoms with Crippen LogP contribution in [0.2, 0.25) is 15.3 Å². The normalized spacial score (nSPS) is 14.4. The molecule has 14 nitrogen and oxygen atoms in total. The average molecular weight is 1100 g/mol. The second-order valence-electron chi connectivity index (χ2n) is 19.9. The van der Waals surface area contributed by atoms with E-state index in [4.69, 9.17) is 64.0 Å². The van der Waals surface area contributed by atoms with Crippen molar-refractivity contribution in [2.75, 3.05) is 45.2 Å². The molecule has 1 aliphatic rings. The van der Waals surface area contributed by atoms with Gasteiger partial charge in [-0.3, -0.25) is 0 Å². The zero-order chi connectivity index (χ0) is 53.2. The molecule has 5 heterocycles. The van der Waals surface area contributed by atoms with E-state index in [1.54, 1.807) is 18.5 Å². The number of carbonyl (C=O) groups excluding carboxylic acids is 1. The summed E-state index contributed by atoms with van der Waals surface area (Å²) in [7, 11) is 3.50. The number of esters is 1. The van der Waals surface area contributed by atoms with Gasteiger partial charge in [0.15, 0.2) is 12.2 Å². The van der Waals surface area contributed by atoms with Gasteiger partial charge in [0.2, 0.25) is 11.2 Å². The highest BCUT2D eigenvalue weighted by Crippen LogP contribution is 2.46. The number of carboxylic acid groups (broad SMARTS) is 1. The zero-order valence-electron chi connectivity index (χ0n) is 42.8. The molecular weight excluding hydrogens is 1040 g/mol. The van der Waals surface area contributed by atoms with Crippen molar-refractivity contribution in [3.63, 3.8) is 0 Å². The molecule has 1 saturated heterocycles. The number of halogens is 3. The number of aryl methyl sites for hydroxylation is 2. The van der Waals surface area contributed by atoms with Crippen LogP contribution in [0.15, 0.2) is 85.2 Å². The van der Waals surface area contributed by atoms with Gasteiger partial charge in [0.25, 0.3) is 0 Å². The van der Waals surface area contributed by atoms with Gasteiger partial charge in [-0.2, -0.15) is 0 Å². The van der Waals surface area contributed by atoms with Crippen molar-refractivity contribution in [1.82, 2.24) is 34.8 Å². The minimum absolute atomic E-state index is 0.149. The van der Waals surface area contributed by atoms with E-state index in [1.165, 1.54) is 29.8 Å². The van der Waals surface area contributed by atoms with E-state index in [1.807, 2.05) is 122 Å². The van der Waals surface area contributed by atoms with E-state index in [0.29, 0.717) is 32.3 Å². The van der Waals surface area contributed by atoms with Crippen LogP contribution in [0, 0.1) is 13.8 Å². The first kappa shape index (κ1) is 54.6. The van der Waals surface area contributed by atoms with Gasteiger partial charge >= 0.3 is 11.9 Å². The SMILES string of the molecule is COC(=O)[C@@H](OC(C)(C)C)c1c(C)cc2nc(-c3ccnc(Cl)n3)sc2c1-c1ccc(Cl)cc1.Cc1cc2nc(-c3ccnc(N4CCCN(C)CC4)n3)sc2c(-c2ccc(Cl)cc2)c1[C@H](OC(C)(C)C)C(=O)O.